The second-order valence-electron chi connectivity index (χ2n) is 18.3. The minimum Gasteiger partial charge on any atom is -0.353 e. The highest BCUT2D eigenvalue weighted by molar-refractivity contribution is 5.28. The number of hydrogen-bond acceptors (Lipinski definition) is 6. The highest BCUT2D eigenvalue weighted by atomic mass is 16.7. The molecule has 7 rings (SSSR count). The van der Waals surface area contributed by atoms with Crippen LogP contribution in [0.2, 0.25) is 0 Å². The molecule has 274 valence electrons. The number of ether oxygens (including phenoxy) is 6. The van der Waals surface area contributed by atoms with E-state index in [-0.39, 0.29) is 42.1 Å². The van der Waals surface area contributed by atoms with E-state index in [9.17, 15) is 0 Å². The van der Waals surface area contributed by atoms with Crippen LogP contribution in [0.4, 0.5) is 0 Å². The Morgan fingerprint density at radius 3 is 2.15 bits per heavy atom. The normalized spacial score (nSPS) is 44.3. The second kappa shape index (κ2) is 15.2. The third-order valence-corrected chi connectivity index (χ3v) is 14.9. The summed E-state index contributed by atoms with van der Waals surface area (Å²) in [4.78, 5) is 0. The van der Waals surface area contributed by atoms with Gasteiger partial charge in [-0.2, -0.15) is 0 Å². The lowest BCUT2D eigenvalue weighted by molar-refractivity contribution is -0.248. The van der Waals surface area contributed by atoms with Crippen molar-refractivity contribution in [3.8, 4) is 0 Å². The summed E-state index contributed by atoms with van der Waals surface area (Å²) in [5, 5.41) is 0. The van der Waals surface area contributed by atoms with Crippen LogP contribution in [0, 0.1) is 40.4 Å². The maximum absolute atomic E-state index is 7.09. The van der Waals surface area contributed by atoms with Gasteiger partial charge in [0.25, 0.3) is 0 Å². The molecular weight excluding hydrogens is 600 g/mol. The average Bonchev–Trinajstić information content (AvgIpc) is 3.44. The molecule has 6 nitrogen and oxygen atoms in total. The second-order valence-corrected chi connectivity index (χ2v) is 18.3. The van der Waals surface area contributed by atoms with Crippen LogP contribution in [0.15, 0.2) is 11.6 Å². The fourth-order valence-electron chi connectivity index (χ4n) is 12.2. The zero-order valence-electron chi connectivity index (χ0n) is 31.4. The van der Waals surface area contributed by atoms with Crippen molar-refractivity contribution in [1.82, 2.24) is 0 Å². The lowest BCUT2D eigenvalue weighted by Crippen LogP contribution is -2.57. The topological polar surface area (TPSA) is 55.4 Å². The third-order valence-electron chi connectivity index (χ3n) is 14.9. The standard InChI is InChI=1S/C42H70O6/c1-29(13-12-22-40(2,3)48-39-16-8-11-26-45-39)33-19-20-34-32-18-17-30-27-31(46-37-14-6-9-24-43-37)28-36(47-38-15-7-10-25-44-38)42(30,5)35(32)21-23-41(33,34)4/h17,29,31-39H,6-16,18-28H2,1-5H3/t29-,31-,32+,33-,34+,35+,36+,37?,38?,39?,41-,42+/m1/s1. The van der Waals surface area contributed by atoms with Gasteiger partial charge >= 0.3 is 0 Å². The lowest BCUT2D eigenvalue weighted by atomic mass is 9.46. The van der Waals surface area contributed by atoms with Crippen LogP contribution >= 0.6 is 0 Å². The number of fused-ring (bicyclic) bond motifs is 5. The van der Waals surface area contributed by atoms with E-state index in [1.54, 1.807) is 5.57 Å². The van der Waals surface area contributed by atoms with Crippen LogP contribution in [0.5, 0.6) is 0 Å². The van der Waals surface area contributed by atoms with E-state index in [1.807, 2.05) is 0 Å². The minimum atomic E-state index is -0.113. The molecule has 3 aliphatic heterocycles. The summed E-state index contributed by atoms with van der Waals surface area (Å²) >= 11 is 0. The minimum absolute atomic E-state index is 0.00329. The van der Waals surface area contributed by atoms with Gasteiger partial charge in [-0.1, -0.05) is 45.3 Å². The zero-order valence-corrected chi connectivity index (χ0v) is 31.4. The van der Waals surface area contributed by atoms with E-state index in [0.29, 0.717) is 11.3 Å². The van der Waals surface area contributed by atoms with E-state index < -0.39 is 0 Å². The first-order chi connectivity index (χ1) is 23.2. The van der Waals surface area contributed by atoms with E-state index in [0.717, 1.165) is 94.9 Å². The van der Waals surface area contributed by atoms with Crippen LogP contribution < -0.4 is 0 Å². The van der Waals surface area contributed by atoms with Gasteiger partial charge < -0.3 is 28.4 Å². The number of hydrogen-bond donors (Lipinski definition) is 0. The van der Waals surface area contributed by atoms with Crippen LogP contribution in [0.25, 0.3) is 0 Å². The van der Waals surface area contributed by atoms with Gasteiger partial charge in [0.1, 0.15) is 0 Å². The molecule has 0 aromatic carbocycles. The Balaban J connectivity index is 1.02. The molecule has 3 saturated carbocycles. The Kier molecular flexibility index (Phi) is 11.4. The van der Waals surface area contributed by atoms with Gasteiger partial charge in [-0.3, -0.25) is 0 Å². The molecule has 6 heteroatoms. The molecule has 6 fully saturated rings. The van der Waals surface area contributed by atoms with Gasteiger partial charge in [-0.05, 0) is 152 Å². The molecule has 0 radical (unpaired) electrons. The molecule has 48 heavy (non-hydrogen) atoms. The van der Waals surface area contributed by atoms with Crippen molar-refractivity contribution in [2.45, 2.75) is 193 Å². The summed E-state index contributed by atoms with van der Waals surface area (Å²) in [6.07, 6.45) is 25.5. The number of allylic oxidation sites excluding steroid dienone is 1. The van der Waals surface area contributed by atoms with Gasteiger partial charge in [-0.15, -0.1) is 0 Å². The van der Waals surface area contributed by atoms with Crippen molar-refractivity contribution in [2.24, 2.45) is 40.4 Å². The van der Waals surface area contributed by atoms with E-state index in [1.165, 1.54) is 70.6 Å². The van der Waals surface area contributed by atoms with Crippen LogP contribution in [-0.2, 0) is 28.4 Å². The van der Waals surface area contributed by atoms with Crippen molar-refractivity contribution >= 4 is 0 Å². The average molecular weight is 671 g/mol. The molecule has 0 amide bonds. The summed E-state index contributed by atoms with van der Waals surface area (Å²) < 4.78 is 38.4. The third kappa shape index (κ3) is 7.51. The molecule has 0 aromatic rings. The first-order valence-corrected chi connectivity index (χ1v) is 20.7. The summed E-state index contributed by atoms with van der Waals surface area (Å²) in [5.74, 6) is 3.85. The summed E-state index contributed by atoms with van der Waals surface area (Å²) in [7, 11) is 0. The Labute approximate surface area is 293 Å². The molecule has 12 atom stereocenters. The lowest BCUT2D eigenvalue weighted by Gasteiger charge is -2.60. The Hall–Kier alpha value is -0.500. The first-order valence-electron chi connectivity index (χ1n) is 20.7. The monoisotopic (exact) mass is 671 g/mol. The molecule has 4 aliphatic carbocycles. The number of rotatable bonds is 11. The molecule has 0 aromatic heterocycles. The van der Waals surface area contributed by atoms with Crippen molar-refractivity contribution in [3.63, 3.8) is 0 Å². The fourth-order valence-corrected chi connectivity index (χ4v) is 12.2. The van der Waals surface area contributed by atoms with Crippen molar-refractivity contribution in [3.05, 3.63) is 11.6 Å². The molecule has 3 unspecified atom stereocenters. The molecule has 3 heterocycles. The Morgan fingerprint density at radius 1 is 0.812 bits per heavy atom. The quantitative estimate of drug-likeness (QED) is 0.204. The van der Waals surface area contributed by atoms with Gasteiger partial charge in [0.2, 0.25) is 0 Å². The summed E-state index contributed by atoms with van der Waals surface area (Å²) in [5.41, 5.74) is 2.02. The summed E-state index contributed by atoms with van der Waals surface area (Å²) in [6, 6.07) is 0. The van der Waals surface area contributed by atoms with Crippen LogP contribution in [0.1, 0.15) is 157 Å². The molecule has 3 saturated heterocycles. The fraction of sp³-hybridized carbons (Fsp3) is 0.952. The van der Waals surface area contributed by atoms with Gasteiger partial charge in [0.15, 0.2) is 18.9 Å². The highest BCUT2D eigenvalue weighted by Crippen LogP contribution is 2.68. The largest absolute Gasteiger partial charge is 0.353 e. The molecule has 0 spiro atoms. The molecule has 7 aliphatic rings. The molecule has 0 N–H and O–H groups in total. The summed E-state index contributed by atoms with van der Waals surface area (Å²) in [6.45, 7) is 14.9. The van der Waals surface area contributed by atoms with Crippen LogP contribution in [-0.4, -0.2) is 56.5 Å². The van der Waals surface area contributed by atoms with E-state index >= 15 is 0 Å². The smallest absolute Gasteiger partial charge is 0.158 e. The highest BCUT2D eigenvalue weighted by Gasteiger charge is 2.61. The molecular formula is C42H70O6. The van der Waals surface area contributed by atoms with Crippen molar-refractivity contribution < 1.29 is 28.4 Å². The molecule has 0 bridgehead atoms. The zero-order chi connectivity index (χ0) is 33.4. The maximum Gasteiger partial charge on any atom is 0.158 e. The van der Waals surface area contributed by atoms with Crippen LogP contribution in [0.3, 0.4) is 0 Å². The predicted molar refractivity (Wildman–Crippen MR) is 189 cm³/mol. The van der Waals surface area contributed by atoms with E-state index in [4.69, 9.17) is 28.4 Å². The maximum atomic E-state index is 7.09. The Bertz CT molecular complexity index is 1070. The first kappa shape index (κ1) is 35.9. The van der Waals surface area contributed by atoms with Crippen molar-refractivity contribution in [2.75, 3.05) is 19.8 Å². The Morgan fingerprint density at radius 2 is 1.48 bits per heavy atom. The van der Waals surface area contributed by atoms with E-state index in [2.05, 4.69) is 40.7 Å². The van der Waals surface area contributed by atoms with Gasteiger partial charge in [0.05, 0.1) is 17.8 Å². The SMILES string of the molecule is C[C@H](CCCC(C)(C)OC1CCCCO1)[C@H]1CC[C@H]2[C@@H]3CC=C4C[C@@H](OC5CCCCO5)C[C@H](OC5CCCCO5)[C@]4(C)[C@H]3CC[C@]12C. The van der Waals surface area contributed by atoms with Gasteiger partial charge in [-0.25, -0.2) is 0 Å². The van der Waals surface area contributed by atoms with Crippen molar-refractivity contribution in [1.29, 1.82) is 0 Å². The van der Waals surface area contributed by atoms with Gasteiger partial charge in [0, 0.05) is 31.7 Å². The predicted octanol–water partition coefficient (Wildman–Crippen LogP) is 10.1.